The molecule has 3 rings (SSSR count). The van der Waals surface area contributed by atoms with Crippen LogP contribution < -0.4 is 11.1 Å². The number of anilines is 1. The molecule has 0 saturated heterocycles. The van der Waals surface area contributed by atoms with Crippen LogP contribution >= 0.6 is 12.4 Å². The largest absolute Gasteiger partial charge is 0.339 e. The molecule has 2 aromatic rings. The molecule has 6 nitrogen and oxygen atoms in total. The molecule has 0 radical (unpaired) electrons. The van der Waals surface area contributed by atoms with Gasteiger partial charge in [-0.2, -0.15) is 4.98 Å². The highest BCUT2D eigenvalue weighted by molar-refractivity contribution is 5.91. The maximum Gasteiger partial charge on any atom is 0.232 e. The van der Waals surface area contributed by atoms with E-state index in [-0.39, 0.29) is 36.2 Å². The van der Waals surface area contributed by atoms with Crippen LogP contribution in [0.3, 0.4) is 0 Å². The third-order valence-corrected chi connectivity index (χ3v) is 4.41. The van der Waals surface area contributed by atoms with E-state index in [0.29, 0.717) is 11.7 Å². The van der Waals surface area contributed by atoms with Crippen LogP contribution in [0.15, 0.2) is 34.9 Å². The Morgan fingerprint density at radius 2 is 2.12 bits per heavy atom. The fourth-order valence-electron chi connectivity index (χ4n) is 3.11. The van der Waals surface area contributed by atoms with Crippen molar-refractivity contribution in [3.63, 3.8) is 0 Å². The molecule has 1 aromatic carbocycles. The van der Waals surface area contributed by atoms with Gasteiger partial charge in [0.1, 0.15) is 0 Å². The van der Waals surface area contributed by atoms with Crippen LogP contribution in [0, 0.1) is 0 Å². The lowest BCUT2D eigenvalue weighted by Gasteiger charge is -2.35. The molecule has 1 aromatic heterocycles. The van der Waals surface area contributed by atoms with Crippen molar-refractivity contribution in [3.05, 3.63) is 42.0 Å². The van der Waals surface area contributed by atoms with Crippen molar-refractivity contribution in [2.45, 2.75) is 50.5 Å². The van der Waals surface area contributed by atoms with Crippen molar-refractivity contribution in [2.75, 3.05) is 5.32 Å². The summed E-state index contributed by atoms with van der Waals surface area (Å²) in [5.74, 6) is 0.851. The molecule has 130 valence electrons. The fourth-order valence-corrected chi connectivity index (χ4v) is 3.11. The third kappa shape index (κ3) is 4.33. The van der Waals surface area contributed by atoms with E-state index in [1.807, 2.05) is 37.3 Å². The van der Waals surface area contributed by atoms with Gasteiger partial charge >= 0.3 is 0 Å². The van der Waals surface area contributed by atoms with E-state index in [4.69, 9.17) is 10.3 Å². The maximum absolute atomic E-state index is 12.0. The number of amides is 1. The first-order valence-corrected chi connectivity index (χ1v) is 8.01. The van der Waals surface area contributed by atoms with Gasteiger partial charge in [0.2, 0.25) is 11.8 Å². The summed E-state index contributed by atoms with van der Waals surface area (Å²) in [6.45, 7) is 2.03. The Labute approximate surface area is 147 Å². The Kier molecular flexibility index (Phi) is 5.96. The van der Waals surface area contributed by atoms with Gasteiger partial charge in [-0.25, -0.2) is 0 Å². The minimum absolute atomic E-state index is 0. The lowest BCUT2D eigenvalue weighted by Crippen LogP contribution is -2.44. The zero-order chi connectivity index (χ0) is 16.3. The highest BCUT2D eigenvalue weighted by Gasteiger charge is 2.37. The molecular weight excluding hydrogens is 328 g/mol. The molecule has 1 amide bonds. The molecule has 1 heterocycles. The molecule has 2 unspecified atom stereocenters. The van der Waals surface area contributed by atoms with E-state index in [2.05, 4.69) is 15.5 Å². The highest BCUT2D eigenvalue weighted by atomic mass is 35.5. The van der Waals surface area contributed by atoms with Gasteiger partial charge in [-0.1, -0.05) is 36.2 Å². The minimum Gasteiger partial charge on any atom is -0.339 e. The van der Waals surface area contributed by atoms with E-state index < -0.39 is 0 Å². The molecule has 24 heavy (non-hydrogen) atoms. The Morgan fingerprint density at radius 3 is 2.83 bits per heavy atom. The summed E-state index contributed by atoms with van der Waals surface area (Å²) in [7, 11) is 0. The average Bonchev–Trinajstić information content (AvgIpc) is 2.95. The first-order chi connectivity index (χ1) is 11.0. The summed E-state index contributed by atoms with van der Waals surface area (Å²) < 4.78 is 5.37. The molecule has 0 spiro atoms. The minimum atomic E-state index is -0.325. The van der Waals surface area contributed by atoms with Crippen LogP contribution in [-0.2, 0) is 11.2 Å². The Hall–Kier alpha value is -1.92. The number of para-hydroxylation sites is 1. The number of hydrogen-bond acceptors (Lipinski definition) is 5. The van der Waals surface area contributed by atoms with Gasteiger partial charge in [0.25, 0.3) is 0 Å². The summed E-state index contributed by atoms with van der Waals surface area (Å²) >= 11 is 0. The van der Waals surface area contributed by atoms with Crippen molar-refractivity contribution >= 4 is 24.0 Å². The summed E-state index contributed by atoms with van der Waals surface area (Å²) in [4.78, 5) is 16.4. The molecular formula is C17H23ClN4O2. The monoisotopic (exact) mass is 350 g/mol. The van der Waals surface area contributed by atoms with E-state index in [0.717, 1.165) is 31.4 Å². The van der Waals surface area contributed by atoms with Gasteiger partial charge in [0.15, 0.2) is 5.82 Å². The predicted molar refractivity (Wildman–Crippen MR) is 94.1 cm³/mol. The van der Waals surface area contributed by atoms with Crippen LogP contribution in [0.2, 0.25) is 0 Å². The van der Waals surface area contributed by atoms with Crippen molar-refractivity contribution in [1.82, 2.24) is 10.1 Å². The van der Waals surface area contributed by atoms with Gasteiger partial charge in [0, 0.05) is 11.2 Å². The highest BCUT2D eigenvalue weighted by Crippen LogP contribution is 2.38. The van der Waals surface area contributed by atoms with Crippen LogP contribution in [0.1, 0.15) is 50.2 Å². The van der Waals surface area contributed by atoms with Gasteiger partial charge in [-0.3, -0.25) is 4.79 Å². The van der Waals surface area contributed by atoms with Gasteiger partial charge < -0.3 is 15.6 Å². The van der Waals surface area contributed by atoms with Gasteiger partial charge in [-0.05, 0) is 31.9 Å². The van der Waals surface area contributed by atoms with Crippen molar-refractivity contribution < 1.29 is 9.32 Å². The number of aromatic nitrogens is 2. The van der Waals surface area contributed by atoms with Crippen molar-refractivity contribution in [1.29, 1.82) is 0 Å². The molecule has 7 heteroatoms. The fraction of sp³-hybridized carbons (Fsp3) is 0.471. The second-order valence-corrected chi connectivity index (χ2v) is 6.44. The van der Waals surface area contributed by atoms with E-state index >= 15 is 0 Å². The number of nitrogens with two attached hydrogens (primary N) is 1. The summed E-state index contributed by atoms with van der Waals surface area (Å²) in [5.41, 5.74) is 6.79. The molecule has 2 atom stereocenters. The lowest BCUT2D eigenvalue weighted by atomic mass is 9.74. The Bertz CT molecular complexity index is 672. The maximum atomic E-state index is 12.0. The number of rotatable bonds is 4. The Balaban J connectivity index is 0.00000208. The molecule has 3 N–H and O–H groups in total. The van der Waals surface area contributed by atoms with Crippen LogP contribution in [0.4, 0.5) is 5.69 Å². The lowest BCUT2D eigenvalue weighted by molar-refractivity contribution is -0.115. The predicted octanol–water partition coefficient (Wildman–Crippen LogP) is 3.05. The zero-order valence-corrected chi connectivity index (χ0v) is 14.5. The van der Waals surface area contributed by atoms with Gasteiger partial charge in [0.05, 0.1) is 12.3 Å². The Morgan fingerprint density at radius 1 is 1.38 bits per heavy atom. The average molecular weight is 351 g/mol. The second kappa shape index (κ2) is 7.77. The second-order valence-electron chi connectivity index (χ2n) is 6.44. The molecule has 0 bridgehead atoms. The van der Waals surface area contributed by atoms with Gasteiger partial charge in [-0.15, -0.1) is 12.4 Å². The topological polar surface area (TPSA) is 94.0 Å². The van der Waals surface area contributed by atoms with Crippen molar-refractivity contribution in [3.8, 4) is 0 Å². The third-order valence-electron chi connectivity index (χ3n) is 4.41. The van der Waals surface area contributed by atoms with Crippen LogP contribution in [0.25, 0.3) is 0 Å². The summed E-state index contributed by atoms with van der Waals surface area (Å²) in [5, 5.41) is 6.75. The number of hydrogen-bond donors (Lipinski definition) is 2. The first kappa shape index (κ1) is 18.4. The first-order valence-electron chi connectivity index (χ1n) is 8.01. The standard InChI is InChI=1S/C17H22N4O2.ClH/c1-17(18)10-6-5-9-13(17)16-20-14(21-23-16)11-15(22)19-12-7-3-2-4-8-12;/h2-4,7-8,13H,5-6,9-11,18H2,1H3,(H,19,22);1H. The number of halogens is 1. The smallest absolute Gasteiger partial charge is 0.232 e. The van der Waals surface area contributed by atoms with Crippen LogP contribution in [0.5, 0.6) is 0 Å². The normalized spacial score (nSPS) is 23.3. The van der Waals surface area contributed by atoms with Crippen LogP contribution in [-0.4, -0.2) is 21.6 Å². The number of carbonyl (C=O) groups excluding carboxylic acids is 1. The summed E-state index contributed by atoms with van der Waals surface area (Å²) in [6, 6.07) is 9.30. The van der Waals surface area contributed by atoms with E-state index in [1.165, 1.54) is 0 Å². The van der Waals surface area contributed by atoms with E-state index in [1.54, 1.807) is 0 Å². The molecule has 1 aliphatic rings. The molecule has 1 aliphatic carbocycles. The number of carbonyl (C=O) groups is 1. The SMILES string of the molecule is CC1(N)CCCCC1c1nc(CC(=O)Nc2ccccc2)no1.Cl. The van der Waals surface area contributed by atoms with Crippen molar-refractivity contribution in [2.24, 2.45) is 5.73 Å². The summed E-state index contributed by atoms with van der Waals surface area (Å²) in [6.07, 6.45) is 4.23. The zero-order valence-electron chi connectivity index (χ0n) is 13.7. The van der Waals surface area contributed by atoms with E-state index in [9.17, 15) is 4.79 Å². The molecule has 1 saturated carbocycles. The number of nitrogens with one attached hydrogen (secondary N) is 1. The molecule has 0 aliphatic heterocycles. The number of benzene rings is 1. The number of nitrogens with zero attached hydrogens (tertiary/aromatic N) is 2. The molecule has 1 fully saturated rings. The quantitative estimate of drug-likeness (QED) is 0.883.